The Balaban J connectivity index is 1.52. The number of carbonyl (C=O) groups is 1. The summed E-state index contributed by atoms with van der Waals surface area (Å²) in [5.41, 5.74) is -2.04. The molecule has 0 N–H and O–H groups in total. The summed E-state index contributed by atoms with van der Waals surface area (Å²) in [5.74, 6) is -4.63. The van der Waals surface area contributed by atoms with Gasteiger partial charge in [-0.05, 0) is 99.0 Å². The lowest BCUT2D eigenvalue weighted by atomic mass is 9.97. The van der Waals surface area contributed by atoms with E-state index in [4.69, 9.17) is 4.74 Å². The van der Waals surface area contributed by atoms with Gasteiger partial charge in [0.05, 0.1) is 16.6 Å². The van der Waals surface area contributed by atoms with E-state index in [0.29, 0.717) is 64.4 Å². The highest BCUT2D eigenvalue weighted by atomic mass is 32.2. The summed E-state index contributed by atoms with van der Waals surface area (Å²) in [7, 11) is -3.79. The number of sulfonamides is 1. The van der Waals surface area contributed by atoms with E-state index in [1.54, 1.807) is 31.2 Å². The van der Waals surface area contributed by atoms with E-state index in [1.165, 1.54) is 17.0 Å². The van der Waals surface area contributed by atoms with Crippen LogP contribution in [0.4, 0.5) is 22.0 Å². The lowest BCUT2D eigenvalue weighted by molar-refractivity contribution is -0.153. The van der Waals surface area contributed by atoms with Gasteiger partial charge in [0.1, 0.15) is 5.75 Å². The van der Waals surface area contributed by atoms with Crippen LogP contribution in [0.3, 0.4) is 0 Å². The summed E-state index contributed by atoms with van der Waals surface area (Å²) >= 11 is 0. The van der Waals surface area contributed by atoms with Gasteiger partial charge in [0.15, 0.2) is 6.04 Å². The van der Waals surface area contributed by atoms with Crippen molar-refractivity contribution >= 4 is 26.7 Å². The number of hydrogen-bond donors (Lipinski definition) is 0. The standard InChI is InChI=1S/C33H37F5N2O4S/c1-4-26-16-9-21(2)40(26)31(41)30(32(34,35)24-12-14-25(15-13-24)33(36,37)38)39(3)45(42,43)29-18-11-22-19-28(17-10-23(22)20-29)44-27-7-5-6-8-27/h10-15,17-21,26-27,30H,4-9,16H2,1-3H3. The van der Waals surface area contributed by atoms with Gasteiger partial charge in [-0.1, -0.05) is 31.2 Å². The van der Waals surface area contributed by atoms with Crippen LogP contribution in [0.1, 0.15) is 69.9 Å². The average Bonchev–Trinajstić information content (AvgIpc) is 3.65. The smallest absolute Gasteiger partial charge is 0.416 e. The highest BCUT2D eigenvalue weighted by molar-refractivity contribution is 7.89. The second-order valence-corrected chi connectivity index (χ2v) is 14.0. The maximum absolute atomic E-state index is 16.4. The van der Waals surface area contributed by atoms with Crippen molar-refractivity contribution in [2.24, 2.45) is 0 Å². The molecule has 3 aromatic carbocycles. The number of fused-ring (bicyclic) bond motifs is 1. The second kappa shape index (κ2) is 12.5. The normalized spacial score (nSPS) is 20.7. The Morgan fingerprint density at radius 2 is 1.51 bits per heavy atom. The molecule has 45 heavy (non-hydrogen) atoms. The van der Waals surface area contributed by atoms with Crippen molar-refractivity contribution in [2.45, 2.75) is 100 Å². The van der Waals surface area contributed by atoms with Crippen LogP contribution >= 0.6 is 0 Å². The number of alkyl halides is 5. The number of halogens is 5. The number of nitrogens with zero attached hydrogens (tertiary/aromatic N) is 2. The fourth-order valence-corrected chi connectivity index (χ4v) is 7.88. The Hall–Kier alpha value is -3.25. The predicted molar refractivity (Wildman–Crippen MR) is 161 cm³/mol. The van der Waals surface area contributed by atoms with Crippen molar-refractivity contribution in [2.75, 3.05) is 7.05 Å². The summed E-state index contributed by atoms with van der Waals surface area (Å²) in [5, 5.41) is 1.21. The van der Waals surface area contributed by atoms with Gasteiger partial charge in [0, 0.05) is 24.7 Å². The third-order valence-corrected chi connectivity index (χ3v) is 10.9. The SMILES string of the molecule is CCC1CCC(C)N1C(=O)C(N(C)S(=O)(=O)c1ccc2cc(OC3CCCC3)ccc2c1)C(F)(F)c1ccc(C(F)(F)F)cc1. The fourth-order valence-electron chi connectivity index (χ4n) is 6.53. The molecule has 3 atom stereocenters. The summed E-state index contributed by atoms with van der Waals surface area (Å²) in [4.78, 5) is 15.0. The number of rotatable bonds is 9. The van der Waals surface area contributed by atoms with Crippen LogP contribution in [-0.4, -0.2) is 54.8 Å². The minimum atomic E-state index is -4.76. The number of amides is 1. The molecule has 3 aromatic rings. The van der Waals surface area contributed by atoms with E-state index >= 15 is 8.78 Å². The van der Waals surface area contributed by atoms with Crippen LogP contribution < -0.4 is 4.74 Å². The van der Waals surface area contributed by atoms with E-state index in [-0.39, 0.29) is 17.0 Å². The van der Waals surface area contributed by atoms with E-state index in [0.717, 1.165) is 32.7 Å². The molecular formula is C33H37F5N2O4S. The Morgan fingerprint density at radius 1 is 0.911 bits per heavy atom. The minimum Gasteiger partial charge on any atom is -0.490 e. The molecule has 1 amide bonds. The van der Waals surface area contributed by atoms with Crippen molar-refractivity contribution in [1.82, 2.24) is 9.21 Å². The number of ether oxygens (including phenoxy) is 1. The van der Waals surface area contributed by atoms with Crippen LogP contribution in [0.25, 0.3) is 10.8 Å². The van der Waals surface area contributed by atoms with Gasteiger partial charge in [-0.3, -0.25) is 4.79 Å². The first-order valence-electron chi connectivity index (χ1n) is 15.2. The molecular weight excluding hydrogens is 615 g/mol. The number of likely N-dealkylation sites (N-methyl/N-ethyl adjacent to an activating group) is 1. The van der Waals surface area contributed by atoms with Crippen molar-refractivity contribution < 1.29 is 39.9 Å². The maximum Gasteiger partial charge on any atom is 0.416 e. The topological polar surface area (TPSA) is 66.9 Å². The summed E-state index contributed by atoms with van der Waals surface area (Å²) in [6.07, 6.45) is 1.09. The lowest BCUT2D eigenvalue weighted by Gasteiger charge is -2.38. The Kier molecular flexibility index (Phi) is 9.21. The molecule has 1 heterocycles. The zero-order valence-corrected chi connectivity index (χ0v) is 26.2. The van der Waals surface area contributed by atoms with Gasteiger partial charge in [-0.15, -0.1) is 0 Å². The Labute approximate surface area is 260 Å². The third kappa shape index (κ3) is 6.54. The molecule has 2 aliphatic rings. The van der Waals surface area contributed by atoms with Gasteiger partial charge in [-0.2, -0.15) is 26.3 Å². The van der Waals surface area contributed by atoms with Crippen molar-refractivity contribution in [3.8, 4) is 5.75 Å². The van der Waals surface area contributed by atoms with Crippen LogP contribution in [-0.2, 0) is 26.9 Å². The molecule has 1 aliphatic heterocycles. The van der Waals surface area contributed by atoms with Gasteiger partial charge in [0.2, 0.25) is 15.9 Å². The quantitative estimate of drug-likeness (QED) is 0.222. The highest BCUT2D eigenvalue weighted by Crippen LogP contribution is 2.41. The molecule has 244 valence electrons. The molecule has 0 bridgehead atoms. The first-order valence-corrected chi connectivity index (χ1v) is 16.6. The third-order valence-electron chi connectivity index (χ3n) is 9.11. The largest absolute Gasteiger partial charge is 0.490 e. The maximum atomic E-state index is 16.4. The first kappa shape index (κ1) is 33.1. The summed E-state index contributed by atoms with van der Waals surface area (Å²) in [6.45, 7) is 3.52. The molecule has 12 heteroatoms. The van der Waals surface area contributed by atoms with E-state index in [1.807, 2.05) is 6.92 Å². The van der Waals surface area contributed by atoms with Gasteiger partial charge < -0.3 is 9.64 Å². The lowest BCUT2D eigenvalue weighted by Crippen LogP contribution is -2.58. The summed E-state index contributed by atoms with van der Waals surface area (Å²) in [6, 6.07) is 8.24. The van der Waals surface area contributed by atoms with Crippen LogP contribution in [0.15, 0.2) is 65.6 Å². The molecule has 1 aliphatic carbocycles. The number of benzene rings is 3. The van der Waals surface area contributed by atoms with Gasteiger partial charge in [0.25, 0.3) is 5.92 Å². The van der Waals surface area contributed by atoms with E-state index < -0.39 is 51.2 Å². The second-order valence-electron chi connectivity index (χ2n) is 12.1. The molecule has 3 unspecified atom stereocenters. The molecule has 0 radical (unpaired) electrons. The van der Waals surface area contributed by atoms with Crippen molar-refractivity contribution in [3.05, 3.63) is 71.8 Å². The van der Waals surface area contributed by atoms with Crippen molar-refractivity contribution in [1.29, 1.82) is 0 Å². The van der Waals surface area contributed by atoms with Crippen LogP contribution in [0, 0.1) is 0 Å². The van der Waals surface area contributed by atoms with Crippen LogP contribution in [0.2, 0.25) is 0 Å². The van der Waals surface area contributed by atoms with Gasteiger partial charge in [-0.25, -0.2) is 8.42 Å². The highest BCUT2D eigenvalue weighted by Gasteiger charge is 2.55. The fraction of sp³-hybridized carbons (Fsp3) is 0.485. The Morgan fingerprint density at radius 3 is 2.13 bits per heavy atom. The minimum absolute atomic E-state index is 0.127. The van der Waals surface area contributed by atoms with E-state index in [9.17, 15) is 26.4 Å². The average molecular weight is 653 g/mol. The van der Waals surface area contributed by atoms with Gasteiger partial charge >= 0.3 is 6.18 Å². The molecule has 5 rings (SSSR count). The monoisotopic (exact) mass is 652 g/mol. The molecule has 1 saturated carbocycles. The van der Waals surface area contributed by atoms with Crippen molar-refractivity contribution in [3.63, 3.8) is 0 Å². The van der Waals surface area contributed by atoms with Crippen LogP contribution in [0.5, 0.6) is 5.75 Å². The number of hydrogen-bond acceptors (Lipinski definition) is 4. The van der Waals surface area contributed by atoms with E-state index in [2.05, 4.69) is 0 Å². The summed E-state index contributed by atoms with van der Waals surface area (Å²) < 4.78 is 107. The number of carbonyl (C=O) groups excluding carboxylic acids is 1. The first-order chi connectivity index (χ1) is 21.1. The molecule has 0 aromatic heterocycles. The zero-order chi connectivity index (χ0) is 32.7. The Bertz CT molecular complexity index is 1640. The number of likely N-dealkylation sites (tertiary alicyclic amines) is 1. The zero-order valence-electron chi connectivity index (χ0n) is 25.4. The molecule has 1 saturated heterocycles. The molecule has 2 fully saturated rings. The molecule has 0 spiro atoms. The molecule has 6 nitrogen and oxygen atoms in total. The predicted octanol–water partition coefficient (Wildman–Crippen LogP) is 7.75.